The van der Waals surface area contributed by atoms with E-state index in [1.54, 1.807) is 6.20 Å². The molecule has 0 aliphatic rings. The molecule has 12 heavy (non-hydrogen) atoms. The summed E-state index contributed by atoms with van der Waals surface area (Å²) in [6, 6.07) is 3.75. The molecule has 0 aliphatic heterocycles. The fourth-order valence-corrected chi connectivity index (χ4v) is 0.733. The SMILES string of the molecule is C=C(N[NH+]=C(N)N)c1ccc[nH]1. The summed E-state index contributed by atoms with van der Waals surface area (Å²) >= 11 is 0. The summed E-state index contributed by atoms with van der Waals surface area (Å²) in [7, 11) is 0. The molecule has 0 atom stereocenters. The summed E-state index contributed by atoms with van der Waals surface area (Å²) in [5, 5.41) is 2.54. The van der Waals surface area contributed by atoms with Gasteiger partial charge in [-0.1, -0.05) is 6.58 Å². The van der Waals surface area contributed by atoms with E-state index < -0.39 is 0 Å². The second-order valence-corrected chi connectivity index (χ2v) is 2.27. The van der Waals surface area contributed by atoms with E-state index in [0.29, 0.717) is 5.70 Å². The minimum absolute atomic E-state index is 0.0997. The molecule has 1 rings (SSSR count). The summed E-state index contributed by atoms with van der Waals surface area (Å²) < 4.78 is 0. The van der Waals surface area contributed by atoms with Crippen molar-refractivity contribution in [1.82, 2.24) is 10.4 Å². The van der Waals surface area contributed by atoms with Crippen molar-refractivity contribution < 1.29 is 5.10 Å². The molecular weight excluding hydrogens is 154 g/mol. The molecule has 64 valence electrons. The summed E-state index contributed by atoms with van der Waals surface area (Å²) in [5.41, 5.74) is 14.6. The Morgan fingerprint density at radius 2 is 2.33 bits per heavy atom. The number of nitrogens with one attached hydrogen (secondary N) is 3. The number of hydrogen-bond acceptors (Lipinski definition) is 1. The average Bonchev–Trinajstić information content (AvgIpc) is 2.51. The fourth-order valence-electron chi connectivity index (χ4n) is 0.733. The molecule has 5 nitrogen and oxygen atoms in total. The van der Waals surface area contributed by atoms with E-state index in [0.717, 1.165) is 5.69 Å². The number of hydrazine groups is 1. The molecule has 0 bridgehead atoms. The van der Waals surface area contributed by atoms with Crippen molar-refractivity contribution in [3.8, 4) is 0 Å². The topological polar surface area (TPSA) is 93.8 Å². The summed E-state index contributed by atoms with van der Waals surface area (Å²) in [5.74, 6) is 0.0997. The van der Waals surface area contributed by atoms with Crippen molar-refractivity contribution in [2.45, 2.75) is 0 Å². The van der Waals surface area contributed by atoms with E-state index in [1.165, 1.54) is 0 Å². The van der Waals surface area contributed by atoms with Crippen LogP contribution in [0.5, 0.6) is 0 Å². The highest BCUT2D eigenvalue weighted by Gasteiger charge is 1.96. The molecule has 1 heterocycles. The Kier molecular flexibility index (Phi) is 2.37. The lowest BCUT2D eigenvalue weighted by Gasteiger charge is -1.99. The molecule has 0 aliphatic carbocycles. The Bertz CT molecular complexity index is 281. The molecule has 1 aromatic rings. The third-order valence-corrected chi connectivity index (χ3v) is 1.28. The van der Waals surface area contributed by atoms with Crippen LogP contribution in [0, 0.1) is 0 Å². The zero-order valence-electron chi connectivity index (χ0n) is 6.59. The van der Waals surface area contributed by atoms with Crippen molar-refractivity contribution in [3.63, 3.8) is 0 Å². The van der Waals surface area contributed by atoms with Crippen LogP contribution in [0.25, 0.3) is 5.70 Å². The molecule has 0 fully saturated rings. The van der Waals surface area contributed by atoms with Gasteiger partial charge < -0.3 is 4.98 Å². The Balaban J connectivity index is 2.57. The van der Waals surface area contributed by atoms with Crippen molar-refractivity contribution in [2.75, 3.05) is 0 Å². The molecule has 1 aromatic heterocycles. The number of hydrogen-bond donors (Lipinski definition) is 5. The molecule has 0 saturated carbocycles. The quantitative estimate of drug-likeness (QED) is 0.201. The first-order valence-corrected chi connectivity index (χ1v) is 3.42. The van der Waals surface area contributed by atoms with Gasteiger partial charge in [-0.3, -0.25) is 16.9 Å². The van der Waals surface area contributed by atoms with Gasteiger partial charge in [0.1, 0.15) is 0 Å². The van der Waals surface area contributed by atoms with E-state index in [9.17, 15) is 0 Å². The van der Waals surface area contributed by atoms with Crippen LogP contribution in [0.3, 0.4) is 0 Å². The number of rotatable bonds is 3. The van der Waals surface area contributed by atoms with Crippen LogP contribution in [-0.2, 0) is 0 Å². The lowest BCUT2D eigenvalue weighted by Crippen LogP contribution is -2.86. The fraction of sp³-hybridized carbons (Fsp3) is 0. The van der Waals surface area contributed by atoms with Gasteiger partial charge in [0, 0.05) is 6.20 Å². The normalized spacial score (nSPS) is 9.00. The van der Waals surface area contributed by atoms with Gasteiger partial charge >= 0.3 is 5.96 Å². The largest absolute Gasteiger partial charge is 0.360 e. The van der Waals surface area contributed by atoms with Crippen LogP contribution in [-0.4, -0.2) is 10.9 Å². The number of H-pyrrole nitrogens is 1. The number of aromatic nitrogens is 1. The minimum Gasteiger partial charge on any atom is -0.360 e. The Morgan fingerprint density at radius 1 is 1.58 bits per heavy atom. The second kappa shape index (κ2) is 3.47. The van der Waals surface area contributed by atoms with Crippen LogP contribution in [0.4, 0.5) is 0 Å². The van der Waals surface area contributed by atoms with Gasteiger partial charge in [0.25, 0.3) is 0 Å². The van der Waals surface area contributed by atoms with Crippen molar-refractivity contribution in [2.24, 2.45) is 11.5 Å². The van der Waals surface area contributed by atoms with Gasteiger partial charge in [0.2, 0.25) is 0 Å². The highest BCUT2D eigenvalue weighted by molar-refractivity contribution is 5.69. The molecule has 0 amide bonds. The molecule has 0 unspecified atom stereocenters. The van der Waals surface area contributed by atoms with Gasteiger partial charge in [-0.2, -0.15) is 5.10 Å². The average molecular weight is 166 g/mol. The van der Waals surface area contributed by atoms with Crippen molar-refractivity contribution in [1.29, 1.82) is 0 Å². The van der Waals surface area contributed by atoms with Gasteiger partial charge in [-0.25, -0.2) is 0 Å². The maximum absolute atomic E-state index is 5.16. The lowest BCUT2D eigenvalue weighted by molar-refractivity contribution is -0.511. The van der Waals surface area contributed by atoms with Crippen LogP contribution >= 0.6 is 0 Å². The molecule has 0 saturated heterocycles. The standard InChI is InChI=1S/C7H11N5/c1-5(11-12-7(8)9)6-3-2-4-10-6/h2-4,10-11H,1H2,(H4,8,9,12)/p+1. The maximum atomic E-state index is 5.16. The summed E-state index contributed by atoms with van der Waals surface area (Å²) in [6.45, 7) is 3.74. The van der Waals surface area contributed by atoms with Crippen LogP contribution in [0.1, 0.15) is 5.69 Å². The van der Waals surface area contributed by atoms with E-state index in [1.807, 2.05) is 12.1 Å². The van der Waals surface area contributed by atoms with E-state index in [-0.39, 0.29) is 5.96 Å². The Labute approximate surface area is 70.1 Å². The first-order valence-electron chi connectivity index (χ1n) is 3.42. The second-order valence-electron chi connectivity index (χ2n) is 2.27. The van der Waals surface area contributed by atoms with Crippen molar-refractivity contribution in [3.05, 3.63) is 30.6 Å². The first kappa shape index (κ1) is 8.19. The van der Waals surface area contributed by atoms with Gasteiger partial charge in [0.05, 0.1) is 11.4 Å². The number of hydrazone groups is 1. The van der Waals surface area contributed by atoms with Crippen LogP contribution in [0.2, 0.25) is 0 Å². The van der Waals surface area contributed by atoms with Gasteiger partial charge in [0.15, 0.2) is 0 Å². The van der Waals surface area contributed by atoms with Crippen LogP contribution in [0.15, 0.2) is 24.9 Å². The maximum Gasteiger partial charge on any atom is 0.360 e. The monoisotopic (exact) mass is 166 g/mol. The smallest absolute Gasteiger partial charge is 0.360 e. The number of guanidine groups is 1. The molecule has 5 heteroatoms. The third-order valence-electron chi connectivity index (χ3n) is 1.28. The van der Waals surface area contributed by atoms with E-state index in [2.05, 4.69) is 22.1 Å². The third kappa shape index (κ3) is 2.05. The minimum atomic E-state index is 0.0997. The predicted octanol–water partition coefficient (Wildman–Crippen LogP) is -2.16. The molecular formula is C7H12N5+. The van der Waals surface area contributed by atoms with E-state index in [4.69, 9.17) is 11.5 Å². The zero-order valence-corrected chi connectivity index (χ0v) is 6.59. The van der Waals surface area contributed by atoms with Crippen molar-refractivity contribution >= 4 is 11.7 Å². The highest BCUT2D eigenvalue weighted by Crippen LogP contribution is 2.02. The van der Waals surface area contributed by atoms with E-state index >= 15 is 0 Å². The highest BCUT2D eigenvalue weighted by atomic mass is 15.3. The summed E-state index contributed by atoms with van der Waals surface area (Å²) in [4.78, 5) is 2.97. The molecule has 0 aromatic carbocycles. The number of nitrogens with two attached hydrogens (primary N) is 2. The predicted molar refractivity (Wildman–Crippen MR) is 47.3 cm³/mol. The Morgan fingerprint density at radius 3 is 2.83 bits per heavy atom. The molecule has 7 N–H and O–H groups in total. The molecule has 0 spiro atoms. The number of aromatic amines is 1. The first-order chi connectivity index (χ1) is 5.70. The Hall–Kier alpha value is -1.91. The zero-order chi connectivity index (χ0) is 8.97. The van der Waals surface area contributed by atoms with Crippen LogP contribution < -0.4 is 22.0 Å². The lowest BCUT2D eigenvalue weighted by atomic mass is 10.4. The summed E-state index contributed by atoms with van der Waals surface area (Å²) in [6.07, 6.45) is 1.80. The molecule has 0 radical (unpaired) electrons. The van der Waals surface area contributed by atoms with Gasteiger partial charge in [-0.05, 0) is 12.1 Å². The van der Waals surface area contributed by atoms with Gasteiger partial charge in [-0.15, -0.1) is 0 Å².